The van der Waals surface area contributed by atoms with Crippen molar-refractivity contribution >= 4 is 0 Å². The summed E-state index contributed by atoms with van der Waals surface area (Å²) >= 11 is 0. The van der Waals surface area contributed by atoms with Crippen molar-refractivity contribution in [2.24, 2.45) is 5.92 Å². The van der Waals surface area contributed by atoms with Gasteiger partial charge in [0.25, 0.3) is 0 Å². The zero-order chi connectivity index (χ0) is 20.9. The monoisotopic (exact) mass is 408 g/mol. The molecule has 0 bridgehead atoms. The van der Waals surface area contributed by atoms with Crippen molar-refractivity contribution in [2.75, 3.05) is 13.6 Å². The minimum atomic E-state index is 0.807. The van der Waals surface area contributed by atoms with Crippen molar-refractivity contribution in [3.05, 3.63) is 60.7 Å². The van der Waals surface area contributed by atoms with E-state index in [0.29, 0.717) is 0 Å². The van der Waals surface area contributed by atoms with Crippen LogP contribution >= 0.6 is 0 Å². The van der Waals surface area contributed by atoms with E-state index in [9.17, 15) is 0 Å². The molecule has 2 aromatic heterocycles. The molecule has 3 heterocycles. The summed E-state index contributed by atoms with van der Waals surface area (Å²) in [6.07, 6.45) is 24.7. The number of aromatic nitrogens is 2. The molecule has 3 rings (SSSR count). The number of hydrogen-bond acceptors (Lipinski definition) is 2. The third kappa shape index (κ3) is 8.18. The summed E-state index contributed by atoms with van der Waals surface area (Å²) in [6.45, 7) is 2.45. The predicted molar refractivity (Wildman–Crippen MR) is 125 cm³/mol. The van der Waals surface area contributed by atoms with E-state index in [2.05, 4.69) is 58.2 Å². The van der Waals surface area contributed by atoms with Crippen molar-refractivity contribution in [2.45, 2.75) is 89.6 Å². The van der Waals surface area contributed by atoms with Gasteiger partial charge >= 0.3 is 0 Å². The summed E-state index contributed by atoms with van der Waals surface area (Å²) in [5, 5.41) is 0. The third-order valence-corrected chi connectivity index (χ3v) is 6.92. The standard InChI is InChI=1S/C27H42N3/c1-29-20-13-17-27(29)26(18-23-30-21-10-7-11-22-30)16-9-6-4-2-3-5-8-14-25-15-12-19-28-24-25/h7,10-12,15,19,21-22,24,26-27H,2-6,8-9,13-14,16-18,20,23H2,1H3/q+1. The average molecular weight is 409 g/mol. The van der Waals surface area contributed by atoms with Crippen LogP contribution in [0, 0.1) is 5.92 Å². The fraction of sp³-hybridized carbons (Fsp3) is 0.630. The summed E-state index contributed by atoms with van der Waals surface area (Å²) in [5.41, 5.74) is 1.38. The molecule has 0 spiro atoms. The molecule has 0 radical (unpaired) electrons. The molecule has 1 aliphatic rings. The smallest absolute Gasteiger partial charge is 0.168 e. The van der Waals surface area contributed by atoms with Crippen LogP contribution in [0.4, 0.5) is 0 Å². The van der Waals surface area contributed by atoms with Crippen molar-refractivity contribution in [3.8, 4) is 0 Å². The Labute approximate surface area is 184 Å². The van der Waals surface area contributed by atoms with E-state index >= 15 is 0 Å². The number of likely N-dealkylation sites (tertiary alicyclic amines) is 1. The lowest BCUT2D eigenvalue weighted by molar-refractivity contribution is -0.698. The van der Waals surface area contributed by atoms with E-state index < -0.39 is 0 Å². The quantitative estimate of drug-likeness (QED) is 0.289. The fourth-order valence-electron chi connectivity index (χ4n) is 5.12. The van der Waals surface area contributed by atoms with Gasteiger partial charge in [0, 0.05) is 37.0 Å². The Morgan fingerprint density at radius 2 is 1.73 bits per heavy atom. The van der Waals surface area contributed by atoms with Crippen LogP contribution in [-0.2, 0) is 13.0 Å². The molecule has 1 aliphatic heterocycles. The summed E-state index contributed by atoms with van der Waals surface area (Å²) < 4.78 is 2.35. The predicted octanol–water partition coefficient (Wildman–Crippen LogP) is 5.83. The molecule has 2 aromatic rings. The van der Waals surface area contributed by atoms with Gasteiger partial charge in [-0.2, -0.15) is 0 Å². The lowest BCUT2D eigenvalue weighted by Crippen LogP contribution is -2.38. The third-order valence-electron chi connectivity index (χ3n) is 6.92. The largest absolute Gasteiger partial charge is 0.303 e. The van der Waals surface area contributed by atoms with Crippen molar-refractivity contribution in [1.82, 2.24) is 9.88 Å². The van der Waals surface area contributed by atoms with E-state index in [1.165, 1.54) is 89.2 Å². The first-order valence-corrected chi connectivity index (χ1v) is 12.4. The van der Waals surface area contributed by atoms with Crippen molar-refractivity contribution in [1.29, 1.82) is 0 Å². The molecule has 1 fully saturated rings. The highest BCUT2D eigenvalue weighted by Gasteiger charge is 2.29. The number of nitrogens with zero attached hydrogens (tertiary/aromatic N) is 3. The highest BCUT2D eigenvalue weighted by Crippen LogP contribution is 2.29. The van der Waals surface area contributed by atoms with Crippen LogP contribution in [0.15, 0.2) is 55.1 Å². The molecule has 0 N–H and O–H groups in total. The minimum Gasteiger partial charge on any atom is -0.303 e. The topological polar surface area (TPSA) is 20.0 Å². The van der Waals surface area contributed by atoms with E-state index in [0.717, 1.165) is 18.5 Å². The molecular formula is C27H42N3+. The maximum absolute atomic E-state index is 4.21. The highest BCUT2D eigenvalue weighted by atomic mass is 15.1. The van der Waals surface area contributed by atoms with Gasteiger partial charge in [-0.15, -0.1) is 0 Å². The van der Waals surface area contributed by atoms with Crippen LogP contribution in [0.25, 0.3) is 0 Å². The maximum atomic E-state index is 4.21. The summed E-state index contributed by atoms with van der Waals surface area (Å²) in [6, 6.07) is 11.5. The first kappa shape index (κ1) is 22.9. The van der Waals surface area contributed by atoms with Gasteiger partial charge in [0.15, 0.2) is 12.4 Å². The van der Waals surface area contributed by atoms with E-state index in [4.69, 9.17) is 0 Å². The van der Waals surface area contributed by atoms with Crippen LogP contribution in [0.5, 0.6) is 0 Å². The Morgan fingerprint density at radius 1 is 0.967 bits per heavy atom. The molecule has 0 aromatic carbocycles. The minimum absolute atomic E-state index is 0.807. The number of unbranched alkanes of at least 4 members (excludes halogenated alkanes) is 6. The second kappa shape index (κ2) is 13.5. The zero-order valence-corrected chi connectivity index (χ0v) is 19.1. The van der Waals surface area contributed by atoms with Gasteiger partial charge in [-0.25, -0.2) is 4.57 Å². The van der Waals surface area contributed by atoms with Crippen LogP contribution in [-0.4, -0.2) is 29.5 Å². The zero-order valence-electron chi connectivity index (χ0n) is 19.1. The molecule has 0 saturated carbocycles. The molecule has 1 saturated heterocycles. The van der Waals surface area contributed by atoms with Crippen molar-refractivity contribution in [3.63, 3.8) is 0 Å². The van der Waals surface area contributed by atoms with Gasteiger partial charge in [0.1, 0.15) is 6.54 Å². The maximum Gasteiger partial charge on any atom is 0.168 e. The average Bonchev–Trinajstić information content (AvgIpc) is 3.21. The highest BCUT2D eigenvalue weighted by molar-refractivity contribution is 5.08. The van der Waals surface area contributed by atoms with Gasteiger partial charge in [-0.05, 0) is 63.2 Å². The van der Waals surface area contributed by atoms with Gasteiger partial charge in [-0.1, -0.05) is 50.7 Å². The van der Waals surface area contributed by atoms with Gasteiger partial charge in [0.05, 0.1) is 0 Å². The summed E-state index contributed by atoms with van der Waals surface area (Å²) in [7, 11) is 2.34. The Bertz CT molecular complexity index is 673. The van der Waals surface area contributed by atoms with E-state index in [-0.39, 0.29) is 0 Å². The number of pyridine rings is 2. The van der Waals surface area contributed by atoms with Crippen LogP contribution < -0.4 is 4.57 Å². The molecule has 0 aliphatic carbocycles. The lowest BCUT2D eigenvalue weighted by Gasteiger charge is -2.28. The molecule has 3 nitrogen and oxygen atoms in total. The number of aryl methyl sites for hydroxylation is 2. The fourth-order valence-corrected chi connectivity index (χ4v) is 5.12. The molecule has 164 valence electrons. The molecule has 30 heavy (non-hydrogen) atoms. The Morgan fingerprint density at radius 3 is 2.43 bits per heavy atom. The molecule has 2 atom stereocenters. The number of hydrogen-bond donors (Lipinski definition) is 0. The first-order valence-electron chi connectivity index (χ1n) is 12.4. The first-order chi connectivity index (χ1) is 14.8. The van der Waals surface area contributed by atoms with Crippen molar-refractivity contribution < 1.29 is 4.57 Å². The summed E-state index contributed by atoms with van der Waals surface area (Å²) in [4.78, 5) is 6.83. The lowest BCUT2D eigenvalue weighted by atomic mass is 9.88. The van der Waals surface area contributed by atoms with Gasteiger partial charge < -0.3 is 4.90 Å². The normalized spacial score (nSPS) is 18.0. The number of rotatable bonds is 14. The van der Waals surface area contributed by atoms with Crippen LogP contribution in [0.1, 0.15) is 76.2 Å². The second-order valence-electron chi connectivity index (χ2n) is 9.23. The Kier molecular flexibility index (Phi) is 10.4. The molecule has 0 amide bonds. The van der Waals surface area contributed by atoms with E-state index in [1.807, 2.05) is 18.5 Å². The SMILES string of the molecule is CN1CCCC1C(CCCCCCCCCc1cccnc1)CC[n+]1ccccc1. The summed E-state index contributed by atoms with van der Waals surface area (Å²) in [5.74, 6) is 0.852. The van der Waals surface area contributed by atoms with Crippen LogP contribution in [0.3, 0.4) is 0 Å². The van der Waals surface area contributed by atoms with Gasteiger partial charge in [0.2, 0.25) is 0 Å². The Balaban J connectivity index is 1.28. The molecule has 2 unspecified atom stereocenters. The molecular weight excluding hydrogens is 366 g/mol. The van der Waals surface area contributed by atoms with Gasteiger partial charge in [-0.3, -0.25) is 4.98 Å². The second-order valence-corrected chi connectivity index (χ2v) is 9.23. The van der Waals surface area contributed by atoms with Crippen LogP contribution in [0.2, 0.25) is 0 Å². The van der Waals surface area contributed by atoms with E-state index in [1.54, 1.807) is 0 Å². The Hall–Kier alpha value is -1.74. The molecule has 3 heteroatoms.